The van der Waals surface area contributed by atoms with Crippen LogP contribution in [0.25, 0.3) is 0 Å². The highest BCUT2D eigenvalue weighted by molar-refractivity contribution is 6.68. The van der Waals surface area contributed by atoms with Crippen LogP contribution in [-0.2, 0) is 0 Å². The lowest BCUT2D eigenvalue weighted by Gasteiger charge is -2.16. The van der Waals surface area contributed by atoms with E-state index in [1.165, 1.54) is 36.9 Å². The summed E-state index contributed by atoms with van der Waals surface area (Å²) in [6.07, 6.45) is 5.63. The minimum Gasteiger partial charge on any atom is -0.380 e. The summed E-state index contributed by atoms with van der Waals surface area (Å²) >= 11 is 0. The van der Waals surface area contributed by atoms with E-state index in [9.17, 15) is 9.59 Å². The smallest absolute Gasteiger partial charge is 0.283 e. The molecule has 3 heterocycles. The zero-order valence-electron chi connectivity index (χ0n) is 12.8. The SMILES string of the molecule is NC1=NN=C(N)C1=NN(C(=O)c1cccnc1)C(=O)c1cccnc1. The zero-order chi connectivity index (χ0) is 17.8. The molecule has 2 aromatic rings. The number of carbonyl (C=O) groups is 2. The van der Waals surface area contributed by atoms with Gasteiger partial charge in [0.15, 0.2) is 17.4 Å². The van der Waals surface area contributed by atoms with Gasteiger partial charge >= 0.3 is 0 Å². The second-order valence-corrected chi connectivity index (χ2v) is 4.82. The Morgan fingerprint density at radius 2 is 1.36 bits per heavy atom. The molecule has 124 valence electrons. The number of pyridine rings is 2. The molecule has 4 N–H and O–H groups in total. The van der Waals surface area contributed by atoms with Crippen molar-refractivity contribution in [2.45, 2.75) is 0 Å². The van der Waals surface area contributed by atoms with Crippen LogP contribution in [0.5, 0.6) is 0 Å². The summed E-state index contributed by atoms with van der Waals surface area (Å²) in [5.41, 5.74) is 11.6. The summed E-state index contributed by atoms with van der Waals surface area (Å²) < 4.78 is 0. The first-order chi connectivity index (χ1) is 12.1. The van der Waals surface area contributed by atoms with Gasteiger partial charge in [-0.15, -0.1) is 10.2 Å². The van der Waals surface area contributed by atoms with Crippen LogP contribution in [-0.4, -0.2) is 44.2 Å². The topological polar surface area (TPSA) is 152 Å². The number of imide groups is 1. The number of carbonyl (C=O) groups excluding carboxylic acids is 2. The maximum Gasteiger partial charge on any atom is 0.283 e. The van der Waals surface area contributed by atoms with Crippen LogP contribution < -0.4 is 11.5 Å². The second-order valence-electron chi connectivity index (χ2n) is 4.82. The number of amides is 2. The van der Waals surface area contributed by atoms with E-state index < -0.39 is 11.8 Å². The van der Waals surface area contributed by atoms with E-state index in [2.05, 4.69) is 25.3 Å². The minimum absolute atomic E-state index is 0.0607. The Balaban J connectivity index is 2.05. The molecule has 10 nitrogen and oxygen atoms in total. The standard InChI is InChI=1S/C15H12N8O2/c16-12-11(13(17)21-20-12)22-23(14(24)9-3-1-5-18-7-9)15(25)10-4-2-6-19-8-10/h1-8H,(H4,16,17,20,21,22). The third-order valence-corrected chi connectivity index (χ3v) is 3.15. The molecule has 0 radical (unpaired) electrons. The average molecular weight is 336 g/mol. The van der Waals surface area contributed by atoms with Crippen molar-refractivity contribution in [1.82, 2.24) is 15.0 Å². The van der Waals surface area contributed by atoms with Gasteiger partial charge in [0.05, 0.1) is 11.1 Å². The molecule has 2 aromatic heterocycles. The summed E-state index contributed by atoms with van der Waals surface area (Å²) in [6, 6.07) is 6.13. The van der Waals surface area contributed by atoms with E-state index >= 15 is 0 Å². The fraction of sp³-hybridized carbons (Fsp3) is 0. The van der Waals surface area contributed by atoms with Crippen molar-refractivity contribution >= 4 is 29.2 Å². The molecular formula is C15H12N8O2. The highest BCUT2D eigenvalue weighted by Crippen LogP contribution is 2.11. The fourth-order valence-corrected chi connectivity index (χ4v) is 1.94. The minimum atomic E-state index is -0.707. The van der Waals surface area contributed by atoms with Gasteiger partial charge in [0.25, 0.3) is 11.8 Å². The van der Waals surface area contributed by atoms with Gasteiger partial charge in [0.2, 0.25) is 0 Å². The van der Waals surface area contributed by atoms with Crippen LogP contribution >= 0.6 is 0 Å². The molecule has 0 fully saturated rings. The van der Waals surface area contributed by atoms with Crippen LogP contribution in [0.1, 0.15) is 20.7 Å². The van der Waals surface area contributed by atoms with Gasteiger partial charge in [-0.3, -0.25) is 19.6 Å². The first-order valence-electron chi connectivity index (χ1n) is 7.02. The van der Waals surface area contributed by atoms with Gasteiger partial charge in [0, 0.05) is 24.8 Å². The van der Waals surface area contributed by atoms with Crippen molar-refractivity contribution in [1.29, 1.82) is 0 Å². The lowest BCUT2D eigenvalue weighted by Crippen LogP contribution is -2.39. The molecule has 10 heteroatoms. The van der Waals surface area contributed by atoms with Crippen LogP contribution in [0.2, 0.25) is 0 Å². The van der Waals surface area contributed by atoms with Crippen LogP contribution in [0.4, 0.5) is 0 Å². The van der Waals surface area contributed by atoms with E-state index in [1.807, 2.05) is 0 Å². The quantitative estimate of drug-likeness (QED) is 0.582. The number of aromatic nitrogens is 2. The van der Waals surface area contributed by atoms with Crippen molar-refractivity contribution in [2.24, 2.45) is 26.8 Å². The number of amidine groups is 2. The van der Waals surface area contributed by atoms with Gasteiger partial charge in [0.1, 0.15) is 0 Å². The Hall–Kier alpha value is -3.95. The third-order valence-electron chi connectivity index (χ3n) is 3.15. The first-order valence-corrected chi connectivity index (χ1v) is 7.02. The van der Waals surface area contributed by atoms with Crippen LogP contribution in [0, 0.1) is 0 Å². The maximum absolute atomic E-state index is 12.7. The van der Waals surface area contributed by atoms with E-state index in [0.29, 0.717) is 5.01 Å². The number of hydrazone groups is 1. The van der Waals surface area contributed by atoms with Crippen LogP contribution in [0.3, 0.4) is 0 Å². The normalized spacial score (nSPS) is 13.0. The molecule has 0 saturated heterocycles. The predicted octanol–water partition coefficient (Wildman–Crippen LogP) is -0.242. The van der Waals surface area contributed by atoms with E-state index in [-0.39, 0.29) is 28.5 Å². The molecule has 0 bridgehead atoms. The molecule has 1 aliphatic rings. The second kappa shape index (κ2) is 6.66. The Morgan fingerprint density at radius 1 is 0.880 bits per heavy atom. The van der Waals surface area contributed by atoms with Gasteiger partial charge in [-0.25, -0.2) is 0 Å². The number of nitrogens with zero attached hydrogens (tertiary/aromatic N) is 6. The number of hydrogen-bond acceptors (Lipinski definition) is 9. The summed E-state index contributed by atoms with van der Waals surface area (Å²) in [5, 5.41) is 11.7. The van der Waals surface area contributed by atoms with Gasteiger partial charge in [-0.05, 0) is 24.3 Å². The lowest BCUT2D eigenvalue weighted by molar-refractivity contribution is 0.0621. The molecule has 25 heavy (non-hydrogen) atoms. The molecule has 1 aliphatic heterocycles. The summed E-state index contributed by atoms with van der Waals surface area (Å²) in [6.45, 7) is 0. The fourth-order valence-electron chi connectivity index (χ4n) is 1.94. The first kappa shape index (κ1) is 15.9. The molecule has 0 aromatic carbocycles. The Morgan fingerprint density at radius 3 is 1.76 bits per heavy atom. The highest BCUT2D eigenvalue weighted by atomic mass is 16.2. The largest absolute Gasteiger partial charge is 0.380 e. The Bertz CT molecular complexity index is 834. The van der Waals surface area contributed by atoms with Crippen molar-refractivity contribution in [3.63, 3.8) is 0 Å². The zero-order valence-corrected chi connectivity index (χ0v) is 12.8. The maximum atomic E-state index is 12.7. The van der Waals surface area contributed by atoms with Crippen molar-refractivity contribution in [3.05, 3.63) is 60.2 Å². The molecule has 0 aliphatic carbocycles. The highest BCUT2D eigenvalue weighted by Gasteiger charge is 2.28. The van der Waals surface area contributed by atoms with Gasteiger partial charge < -0.3 is 11.5 Å². The Kier molecular flexibility index (Phi) is 4.24. The van der Waals surface area contributed by atoms with E-state index in [0.717, 1.165) is 0 Å². The van der Waals surface area contributed by atoms with Crippen molar-refractivity contribution < 1.29 is 9.59 Å². The van der Waals surface area contributed by atoms with E-state index in [1.54, 1.807) is 12.1 Å². The summed E-state index contributed by atoms with van der Waals surface area (Å²) in [5.74, 6) is -1.61. The number of rotatable bonds is 3. The Labute approximate surface area is 141 Å². The number of hydrogen-bond donors (Lipinski definition) is 2. The molecular weight excluding hydrogens is 324 g/mol. The third kappa shape index (κ3) is 3.22. The molecule has 0 atom stereocenters. The van der Waals surface area contributed by atoms with Gasteiger partial charge in [-0.2, -0.15) is 10.1 Å². The van der Waals surface area contributed by atoms with Gasteiger partial charge in [-0.1, -0.05) is 0 Å². The predicted molar refractivity (Wildman–Crippen MR) is 89.7 cm³/mol. The molecule has 2 amide bonds. The molecule has 0 unspecified atom stereocenters. The lowest BCUT2D eigenvalue weighted by atomic mass is 10.2. The monoisotopic (exact) mass is 336 g/mol. The van der Waals surface area contributed by atoms with Crippen LogP contribution in [0.15, 0.2) is 64.4 Å². The van der Waals surface area contributed by atoms with Crippen molar-refractivity contribution in [2.75, 3.05) is 0 Å². The summed E-state index contributed by atoms with van der Waals surface area (Å²) in [7, 11) is 0. The van der Waals surface area contributed by atoms with Crippen molar-refractivity contribution in [3.8, 4) is 0 Å². The number of nitrogens with two attached hydrogens (primary N) is 2. The molecule has 0 spiro atoms. The average Bonchev–Trinajstić information content (AvgIpc) is 2.98. The molecule has 3 rings (SSSR count). The summed E-state index contributed by atoms with van der Waals surface area (Å²) in [4.78, 5) is 33.2. The van der Waals surface area contributed by atoms with E-state index in [4.69, 9.17) is 11.5 Å². The molecule has 0 saturated carbocycles.